The molecular formula is C15H8N4O3S. The van der Waals surface area contributed by atoms with Crippen LogP contribution in [0.25, 0.3) is 10.2 Å². The minimum absolute atomic E-state index is 0.0859. The monoisotopic (exact) mass is 324 g/mol. The fraction of sp³-hybridized carbons (Fsp3) is 0. The Balaban J connectivity index is 1.84. The molecule has 2 heterocycles. The summed E-state index contributed by atoms with van der Waals surface area (Å²) in [7, 11) is 0. The van der Waals surface area contributed by atoms with Crippen LogP contribution in [0, 0.1) is 10.1 Å². The van der Waals surface area contributed by atoms with Crippen LogP contribution in [-0.4, -0.2) is 21.5 Å². The third kappa shape index (κ3) is 2.25. The van der Waals surface area contributed by atoms with Crippen LogP contribution < -0.4 is 5.32 Å². The Morgan fingerprint density at radius 1 is 1.22 bits per heavy atom. The number of aliphatic imine (C=N–C) groups is 1. The van der Waals surface area contributed by atoms with E-state index >= 15 is 0 Å². The Morgan fingerprint density at radius 3 is 2.83 bits per heavy atom. The Kier molecular flexibility index (Phi) is 2.91. The van der Waals surface area contributed by atoms with Gasteiger partial charge in [0.05, 0.1) is 20.8 Å². The number of carbonyl (C=O) groups excluding carboxylic acids is 1. The summed E-state index contributed by atoms with van der Waals surface area (Å²) in [4.78, 5) is 31.2. The van der Waals surface area contributed by atoms with Crippen molar-refractivity contribution in [1.82, 2.24) is 4.98 Å². The molecule has 4 rings (SSSR count). The highest BCUT2D eigenvalue weighted by molar-refractivity contribution is 7.22. The number of para-hydroxylation sites is 1. The number of carbonyl (C=O) groups is 1. The SMILES string of the molecule is O=C1Nc2ccc([N+](=O)[O-])cc2/C1=N/c1nc2ccccc2s1. The summed E-state index contributed by atoms with van der Waals surface area (Å²) in [6, 6.07) is 11.8. The first-order chi connectivity index (χ1) is 11.1. The lowest BCUT2D eigenvalue weighted by atomic mass is 10.1. The number of benzene rings is 2. The summed E-state index contributed by atoms with van der Waals surface area (Å²) < 4.78 is 0.963. The molecule has 8 heteroatoms. The lowest BCUT2D eigenvalue weighted by Gasteiger charge is -1.97. The predicted molar refractivity (Wildman–Crippen MR) is 87.5 cm³/mol. The van der Waals surface area contributed by atoms with Crippen molar-refractivity contribution in [2.45, 2.75) is 0 Å². The fourth-order valence-electron chi connectivity index (χ4n) is 2.37. The van der Waals surface area contributed by atoms with Gasteiger partial charge in [0.15, 0.2) is 0 Å². The Labute approximate surface area is 133 Å². The minimum atomic E-state index is -0.502. The normalized spacial score (nSPS) is 15.0. The number of nitrogens with one attached hydrogen (secondary N) is 1. The van der Waals surface area contributed by atoms with Gasteiger partial charge in [-0.2, -0.15) is 0 Å². The van der Waals surface area contributed by atoms with Crippen molar-refractivity contribution in [3.8, 4) is 0 Å². The second-order valence-electron chi connectivity index (χ2n) is 4.87. The van der Waals surface area contributed by atoms with E-state index in [4.69, 9.17) is 0 Å². The van der Waals surface area contributed by atoms with Gasteiger partial charge in [-0.3, -0.25) is 14.9 Å². The number of nitro benzene ring substituents is 1. The molecule has 0 saturated heterocycles. The molecule has 1 aromatic heterocycles. The van der Waals surface area contributed by atoms with E-state index in [-0.39, 0.29) is 17.3 Å². The van der Waals surface area contributed by atoms with Crippen molar-refractivity contribution in [2.24, 2.45) is 4.99 Å². The van der Waals surface area contributed by atoms with Gasteiger partial charge in [0.1, 0.15) is 5.71 Å². The highest BCUT2D eigenvalue weighted by Gasteiger charge is 2.28. The maximum absolute atomic E-state index is 12.1. The number of nitro groups is 1. The quantitative estimate of drug-likeness (QED) is 0.578. The van der Waals surface area contributed by atoms with Crippen LogP contribution in [0.3, 0.4) is 0 Å². The van der Waals surface area contributed by atoms with Crippen molar-refractivity contribution in [2.75, 3.05) is 5.32 Å². The lowest BCUT2D eigenvalue weighted by molar-refractivity contribution is -0.384. The maximum Gasteiger partial charge on any atom is 0.275 e. The number of amides is 1. The van der Waals surface area contributed by atoms with Crippen LogP contribution >= 0.6 is 11.3 Å². The zero-order chi connectivity index (χ0) is 16.0. The van der Waals surface area contributed by atoms with Crippen LogP contribution in [0.1, 0.15) is 5.56 Å². The summed E-state index contributed by atoms with van der Waals surface area (Å²) in [5.41, 5.74) is 1.79. The van der Waals surface area contributed by atoms with Gasteiger partial charge in [-0.15, -0.1) is 0 Å². The third-order valence-electron chi connectivity index (χ3n) is 3.42. The van der Waals surface area contributed by atoms with E-state index in [1.165, 1.54) is 29.5 Å². The molecular weight excluding hydrogens is 316 g/mol. The molecule has 0 aliphatic carbocycles. The number of hydrogen-bond donors (Lipinski definition) is 1. The van der Waals surface area contributed by atoms with Crippen LogP contribution in [0.4, 0.5) is 16.5 Å². The zero-order valence-corrected chi connectivity index (χ0v) is 12.3. The van der Waals surface area contributed by atoms with Gasteiger partial charge in [-0.05, 0) is 18.2 Å². The van der Waals surface area contributed by atoms with Crippen LogP contribution in [0.2, 0.25) is 0 Å². The highest BCUT2D eigenvalue weighted by Crippen LogP contribution is 2.32. The molecule has 1 aliphatic heterocycles. The van der Waals surface area contributed by atoms with Gasteiger partial charge in [0, 0.05) is 17.7 Å². The van der Waals surface area contributed by atoms with E-state index in [0.717, 1.165) is 10.2 Å². The number of fused-ring (bicyclic) bond motifs is 2. The van der Waals surface area contributed by atoms with Crippen molar-refractivity contribution < 1.29 is 9.72 Å². The van der Waals surface area contributed by atoms with E-state index in [1.54, 1.807) is 0 Å². The smallest absolute Gasteiger partial charge is 0.275 e. The van der Waals surface area contributed by atoms with Crippen molar-refractivity contribution in [1.29, 1.82) is 0 Å². The molecule has 23 heavy (non-hydrogen) atoms. The Bertz CT molecular complexity index is 976. The minimum Gasteiger partial charge on any atom is -0.320 e. The fourth-order valence-corrected chi connectivity index (χ4v) is 3.21. The molecule has 3 aromatic rings. The van der Waals surface area contributed by atoms with Crippen LogP contribution in [-0.2, 0) is 4.79 Å². The number of non-ortho nitro benzene ring substituents is 1. The molecule has 0 unspecified atom stereocenters. The van der Waals surface area contributed by atoms with Gasteiger partial charge in [0.2, 0.25) is 5.13 Å². The van der Waals surface area contributed by atoms with Gasteiger partial charge in [-0.1, -0.05) is 23.5 Å². The third-order valence-corrected chi connectivity index (χ3v) is 4.35. The molecule has 1 aliphatic rings. The van der Waals surface area contributed by atoms with Gasteiger partial charge >= 0.3 is 0 Å². The van der Waals surface area contributed by atoms with E-state index in [9.17, 15) is 14.9 Å². The maximum atomic E-state index is 12.1. The Morgan fingerprint density at radius 2 is 2.04 bits per heavy atom. The largest absolute Gasteiger partial charge is 0.320 e. The highest BCUT2D eigenvalue weighted by atomic mass is 32.1. The second kappa shape index (κ2) is 4.96. The standard InChI is InChI=1S/C15H8N4O3S/c20-14-13(9-7-8(19(21)22)5-6-10(9)16-14)18-15-17-11-3-1-2-4-12(11)23-15/h1-7H,(H,16,17,18,20). The number of hydrogen-bond acceptors (Lipinski definition) is 6. The molecule has 112 valence electrons. The first-order valence-electron chi connectivity index (χ1n) is 6.66. The average molecular weight is 324 g/mol. The molecule has 0 radical (unpaired) electrons. The first kappa shape index (κ1) is 13.5. The number of anilines is 1. The molecule has 0 bridgehead atoms. The van der Waals surface area contributed by atoms with Crippen LogP contribution in [0.15, 0.2) is 47.5 Å². The number of aromatic nitrogens is 1. The average Bonchev–Trinajstić information content (AvgIpc) is 3.08. The molecule has 0 atom stereocenters. The van der Waals surface area contributed by atoms with Crippen LogP contribution in [0.5, 0.6) is 0 Å². The van der Waals surface area contributed by atoms with Gasteiger partial charge in [0.25, 0.3) is 11.6 Å². The summed E-state index contributed by atoms with van der Waals surface area (Å²) in [5, 5.41) is 14.0. The van der Waals surface area contributed by atoms with Gasteiger partial charge < -0.3 is 5.32 Å². The molecule has 1 amide bonds. The van der Waals surface area contributed by atoms with Crippen molar-refractivity contribution in [3.05, 3.63) is 58.1 Å². The van der Waals surface area contributed by atoms with Crippen molar-refractivity contribution >= 4 is 49.7 Å². The molecule has 0 saturated carbocycles. The zero-order valence-electron chi connectivity index (χ0n) is 11.5. The second-order valence-corrected chi connectivity index (χ2v) is 5.87. The predicted octanol–water partition coefficient (Wildman–Crippen LogP) is 3.28. The summed E-state index contributed by atoms with van der Waals surface area (Å²) >= 11 is 1.36. The molecule has 0 spiro atoms. The van der Waals surface area contributed by atoms with E-state index in [0.29, 0.717) is 16.4 Å². The topological polar surface area (TPSA) is 97.5 Å². The van der Waals surface area contributed by atoms with E-state index in [1.807, 2.05) is 24.3 Å². The van der Waals surface area contributed by atoms with E-state index in [2.05, 4.69) is 15.3 Å². The molecule has 0 fully saturated rings. The molecule has 1 N–H and O–H groups in total. The number of rotatable bonds is 2. The van der Waals surface area contributed by atoms with Gasteiger partial charge in [-0.25, -0.2) is 9.98 Å². The lowest BCUT2D eigenvalue weighted by Crippen LogP contribution is -2.13. The first-order valence-corrected chi connectivity index (χ1v) is 7.48. The van der Waals surface area contributed by atoms with E-state index < -0.39 is 4.92 Å². The summed E-state index contributed by atoms with van der Waals surface area (Å²) in [6.07, 6.45) is 0. The number of nitrogens with zero attached hydrogens (tertiary/aromatic N) is 3. The number of thiazole rings is 1. The van der Waals surface area contributed by atoms with Crippen molar-refractivity contribution in [3.63, 3.8) is 0 Å². The molecule has 7 nitrogen and oxygen atoms in total. The summed E-state index contributed by atoms with van der Waals surface area (Å²) in [5.74, 6) is -0.389. The molecule has 2 aromatic carbocycles. The summed E-state index contributed by atoms with van der Waals surface area (Å²) in [6.45, 7) is 0. The Hall–Kier alpha value is -3.13.